The first-order valence-electron chi connectivity index (χ1n) is 10.1. The normalized spacial score (nSPS) is 19.8. The molecule has 1 unspecified atom stereocenters. The molecule has 1 N–H and O–H groups in total. The molecular formula is C20H24FN5O2S2. The number of carbonyl (C=O) groups excluding carboxylic acids is 2. The quantitative estimate of drug-likeness (QED) is 0.728. The smallest absolute Gasteiger partial charge is 0.282 e. The molecule has 0 spiro atoms. The van der Waals surface area contributed by atoms with E-state index in [9.17, 15) is 14.0 Å². The van der Waals surface area contributed by atoms with Gasteiger partial charge < -0.3 is 10.2 Å². The first-order valence-corrected chi connectivity index (χ1v) is 12.0. The lowest BCUT2D eigenvalue weighted by molar-refractivity contribution is -0.135. The number of amides is 2. The van der Waals surface area contributed by atoms with Crippen LogP contribution in [0.3, 0.4) is 0 Å². The molecule has 160 valence electrons. The van der Waals surface area contributed by atoms with Crippen LogP contribution in [0.25, 0.3) is 0 Å². The maximum Gasteiger partial charge on any atom is 0.282 e. The van der Waals surface area contributed by atoms with Crippen LogP contribution in [0.2, 0.25) is 0 Å². The van der Waals surface area contributed by atoms with Crippen molar-refractivity contribution in [1.82, 2.24) is 25.3 Å². The Kier molecular flexibility index (Phi) is 6.96. The van der Waals surface area contributed by atoms with Gasteiger partial charge in [-0.3, -0.25) is 14.5 Å². The average Bonchev–Trinajstić information content (AvgIpc) is 3.43. The predicted octanol–water partition coefficient (Wildman–Crippen LogP) is 2.15. The van der Waals surface area contributed by atoms with Crippen molar-refractivity contribution in [3.8, 4) is 0 Å². The molecule has 2 saturated heterocycles. The number of hydrogen-bond acceptors (Lipinski definition) is 7. The topological polar surface area (TPSA) is 78.4 Å². The summed E-state index contributed by atoms with van der Waals surface area (Å²) < 4.78 is 13.0. The summed E-state index contributed by atoms with van der Waals surface area (Å²) in [6.07, 6.45) is 1.86. The Morgan fingerprint density at radius 1 is 1.13 bits per heavy atom. The fourth-order valence-electron chi connectivity index (χ4n) is 3.73. The zero-order valence-electron chi connectivity index (χ0n) is 16.6. The molecule has 2 amide bonds. The molecule has 3 heterocycles. The first-order chi connectivity index (χ1) is 14.6. The molecule has 1 atom stereocenters. The molecule has 2 aliphatic heterocycles. The number of hydrogen-bond donors (Lipinski definition) is 1. The summed E-state index contributed by atoms with van der Waals surface area (Å²) in [4.78, 5) is 29.4. The highest BCUT2D eigenvalue weighted by molar-refractivity contribution is 7.99. The maximum absolute atomic E-state index is 13.0. The number of thioether (sulfide) groups is 1. The molecule has 30 heavy (non-hydrogen) atoms. The van der Waals surface area contributed by atoms with E-state index >= 15 is 0 Å². The van der Waals surface area contributed by atoms with E-state index in [1.807, 2.05) is 16.7 Å². The monoisotopic (exact) mass is 449 g/mol. The number of aromatic nitrogens is 2. The van der Waals surface area contributed by atoms with E-state index in [4.69, 9.17) is 0 Å². The van der Waals surface area contributed by atoms with Gasteiger partial charge in [0.05, 0.1) is 12.6 Å². The second-order valence-corrected chi connectivity index (χ2v) is 9.66. The minimum atomic E-state index is -0.309. The van der Waals surface area contributed by atoms with E-state index in [0.717, 1.165) is 54.6 Å². The summed E-state index contributed by atoms with van der Waals surface area (Å²) >= 11 is 3.14. The van der Waals surface area contributed by atoms with Crippen molar-refractivity contribution in [3.05, 3.63) is 45.7 Å². The largest absolute Gasteiger partial charge is 0.346 e. The summed E-state index contributed by atoms with van der Waals surface area (Å²) in [6.45, 7) is 3.33. The van der Waals surface area contributed by atoms with Gasteiger partial charge in [0.15, 0.2) is 0 Å². The van der Waals surface area contributed by atoms with Crippen molar-refractivity contribution in [1.29, 1.82) is 0 Å². The van der Waals surface area contributed by atoms with Crippen molar-refractivity contribution in [2.24, 2.45) is 0 Å². The van der Waals surface area contributed by atoms with Gasteiger partial charge in [-0.2, -0.15) is 11.8 Å². The van der Waals surface area contributed by atoms with Crippen molar-refractivity contribution in [2.75, 3.05) is 31.1 Å². The molecule has 1 aromatic carbocycles. The highest BCUT2D eigenvalue weighted by Gasteiger charge is 2.34. The molecule has 0 aliphatic carbocycles. The third-order valence-corrected chi connectivity index (χ3v) is 7.19. The second-order valence-electron chi connectivity index (χ2n) is 7.38. The summed E-state index contributed by atoms with van der Waals surface area (Å²) in [5.74, 6) is 1.62. The van der Waals surface area contributed by atoms with Crippen LogP contribution >= 0.6 is 23.1 Å². The van der Waals surface area contributed by atoms with Crippen LogP contribution in [0.5, 0.6) is 0 Å². The molecule has 0 bridgehead atoms. The molecule has 2 fully saturated rings. The minimum Gasteiger partial charge on any atom is -0.346 e. The van der Waals surface area contributed by atoms with E-state index in [1.54, 1.807) is 12.1 Å². The number of nitrogens with zero attached hydrogens (tertiary/aromatic N) is 4. The number of likely N-dealkylation sites (tertiary alicyclic amines) is 1. The SMILES string of the molecule is O=C(NCc1ccc(F)cc1)c1nnc(CN2CCCC2C(=O)N2CCSCC2)s1. The molecule has 7 nitrogen and oxygen atoms in total. The van der Waals surface area contributed by atoms with Crippen LogP contribution < -0.4 is 5.32 Å². The van der Waals surface area contributed by atoms with E-state index < -0.39 is 0 Å². The Morgan fingerprint density at radius 2 is 1.90 bits per heavy atom. The second kappa shape index (κ2) is 9.84. The number of benzene rings is 1. The Morgan fingerprint density at radius 3 is 2.67 bits per heavy atom. The fourth-order valence-corrected chi connectivity index (χ4v) is 5.42. The van der Waals surface area contributed by atoms with Gasteiger partial charge in [0.25, 0.3) is 5.91 Å². The van der Waals surface area contributed by atoms with E-state index in [-0.39, 0.29) is 23.7 Å². The molecule has 1 aromatic heterocycles. The zero-order valence-corrected chi connectivity index (χ0v) is 18.2. The van der Waals surface area contributed by atoms with Crippen LogP contribution in [-0.4, -0.2) is 69.0 Å². The van der Waals surface area contributed by atoms with Gasteiger partial charge >= 0.3 is 0 Å². The van der Waals surface area contributed by atoms with Gasteiger partial charge in [-0.05, 0) is 37.1 Å². The highest BCUT2D eigenvalue weighted by atomic mass is 32.2. The minimum absolute atomic E-state index is 0.104. The lowest BCUT2D eigenvalue weighted by Crippen LogP contribution is -2.48. The zero-order chi connectivity index (χ0) is 20.9. The van der Waals surface area contributed by atoms with Gasteiger partial charge in [-0.15, -0.1) is 10.2 Å². The number of nitrogens with one attached hydrogen (secondary N) is 1. The molecule has 0 saturated carbocycles. The molecule has 10 heteroatoms. The summed E-state index contributed by atoms with van der Waals surface area (Å²) in [5, 5.41) is 12.0. The molecule has 2 aromatic rings. The first kappa shape index (κ1) is 21.2. The number of carbonyl (C=O) groups is 2. The van der Waals surface area contributed by atoms with E-state index in [2.05, 4.69) is 20.4 Å². The molecule has 4 rings (SSSR count). The fraction of sp³-hybridized carbons (Fsp3) is 0.500. The number of rotatable bonds is 6. The number of halogens is 1. The Labute approximate surface area is 183 Å². The van der Waals surface area contributed by atoms with E-state index in [0.29, 0.717) is 18.1 Å². The summed E-state index contributed by atoms with van der Waals surface area (Å²) in [6, 6.07) is 5.88. The maximum atomic E-state index is 13.0. The van der Waals surface area contributed by atoms with E-state index in [1.165, 1.54) is 23.5 Å². The van der Waals surface area contributed by atoms with Crippen molar-refractivity contribution >= 4 is 34.9 Å². The third kappa shape index (κ3) is 5.16. The standard InChI is InChI=1S/C20H24FN5O2S2/c21-15-5-3-14(4-6-15)12-22-18(27)19-24-23-17(30-19)13-26-7-1-2-16(26)20(28)25-8-10-29-11-9-25/h3-6,16H,1-2,7-13H2,(H,22,27). The van der Waals surface area contributed by atoms with Crippen LogP contribution in [0.15, 0.2) is 24.3 Å². The molecule has 0 radical (unpaired) electrons. The van der Waals surface area contributed by atoms with Crippen LogP contribution in [0, 0.1) is 5.82 Å². The highest BCUT2D eigenvalue weighted by Crippen LogP contribution is 2.24. The van der Waals surface area contributed by atoms with Gasteiger partial charge in [-0.1, -0.05) is 23.5 Å². The third-order valence-electron chi connectivity index (χ3n) is 5.34. The van der Waals surface area contributed by atoms with Gasteiger partial charge in [-0.25, -0.2) is 4.39 Å². The van der Waals surface area contributed by atoms with Crippen molar-refractivity contribution in [2.45, 2.75) is 32.0 Å². The van der Waals surface area contributed by atoms with Crippen molar-refractivity contribution in [3.63, 3.8) is 0 Å². The predicted molar refractivity (Wildman–Crippen MR) is 115 cm³/mol. The summed E-state index contributed by atoms with van der Waals surface area (Å²) in [7, 11) is 0. The van der Waals surface area contributed by atoms with Crippen LogP contribution in [0.1, 0.15) is 33.2 Å². The lowest BCUT2D eigenvalue weighted by Gasteiger charge is -2.32. The van der Waals surface area contributed by atoms with Gasteiger partial charge in [0.1, 0.15) is 10.8 Å². The Bertz CT molecular complexity index is 886. The lowest BCUT2D eigenvalue weighted by atomic mass is 10.2. The molecular weight excluding hydrogens is 425 g/mol. The Balaban J connectivity index is 1.32. The van der Waals surface area contributed by atoms with Crippen LogP contribution in [0.4, 0.5) is 4.39 Å². The van der Waals surface area contributed by atoms with Crippen LogP contribution in [-0.2, 0) is 17.9 Å². The average molecular weight is 450 g/mol. The molecule has 2 aliphatic rings. The van der Waals surface area contributed by atoms with Gasteiger partial charge in [0, 0.05) is 31.1 Å². The summed E-state index contributed by atoms with van der Waals surface area (Å²) in [5.41, 5.74) is 0.809. The van der Waals surface area contributed by atoms with Gasteiger partial charge in [0.2, 0.25) is 10.9 Å². The Hall–Kier alpha value is -2.04. The van der Waals surface area contributed by atoms with Crippen molar-refractivity contribution < 1.29 is 14.0 Å².